The number of thioether (sulfide) groups is 1. The minimum absolute atomic E-state index is 0.427. The number of hydrogen-bond donors (Lipinski definition) is 0. The lowest BCUT2D eigenvalue weighted by Crippen LogP contribution is -1.99. The normalized spacial score (nSPS) is 10.6. The number of nitrogens with zero attached hydrogens (tertiary/aromatic N) is 2. The predicted octanol–water partition coefficient (Wildman–Crippen LogP) is 8.82. The Morgan fingerprint density at radius 1 is 0.821 bits per heavy atom. The Hall–Kier alpha value is -4.24. The van der Waals surface area contributed by atoms with Gasteiger partial charge in [-0.3, -0.25) is 0 Å². The highest BCUT2D eigenvalue weighted by atomic mass is 35.5. The molecule has 0 unspecified atom stereocenters. The lowest BCUT2D eigenvalue weighted by atomic mass is 9.99. The Morgan fingerprint density at radius 3 is 2.26 bits per heavy atom. The van der Waals surface area contributed by atoms with Gasteiger partial charge in [0.1, 0.15) is 17.7 Å². The summed E-state index contributed by atoms with van der Waals surface area (Å²) in [6.45, 7) is 0.427. The van der Waals surface area contributed by atoms with Gasteiger partial charge in [0.15, 0.2) is 11.5 Å². The van der Waals surface area contributed by atoms with Crippen LogP contribution in [-0.4, -0.2) is 12.1 Å². The van der Waals surface area contributed by atoms with Crippen molar-refractivity contribution in [2.45, 2.75) is 17.4 Å². The summed E-state index contributed by atoms with van der Waals surface area (Å²) in [5.74, 6) is 1.82. The van der Waals surface area contributed by atoms with Gasteiger partial charge in [-0.05, 0) is 41.0 Å². The second-order valence-electron chi connectivity index (χ2n) is 8.73. The Balaban J connectivity index is 1.54. The summed E-state index contributed by atoms with van der Waals surface area (Å²) < 4.78 is 11.7. The first-order chi connectivity index (χ1) is 19.2. The molecule has 1 heterocycles. The summed E-state index contributed by atoms with van der Waals surface area (Å²) in [7, 11) is 1.62. The van der Waals surface area contributed by atoms with E-state index in [1.165, 1.54) is 11.8 Å². The summed E-state index contributed by atoms with van der Waals surface area (Å²) in [5.41, 5.74) is 5.94. The van der Waals surface area contributed by atoms with Gasteiger partial charge in [-0.1, -0.05) is 96.5 Å². The third-order valence-corrected chi connectivity index (χ3v) is 7.59. The molecule has 0 radical (unpaired) electrons. The molecule has 192 valence electrons. The van der Waals surface area contributed by atoms with Crippen molar-refractivity contribution >= 4 is 23.4 Å². The smallest absolute Gasteiger partial charge is 0.161 e. The summed E-state index contributed by atoms with van der Waals surface area (Å²) in [6, 6.07) is 37.8. The highest BCUT2D eigenvalue weighted by Gasteiger charge is 2.18. The quantitative estimate of drug-likeness (QED) is 0.172. The van der Waals surface area contributed by atoms with Crippen LogP contribution in [0.1, 0.15) is 16.7 Å². The van der Waals surface area contributed by atoms with Crippen LogP contribution in [0.15, 0.2) is 114 Å². The van der Waals surface area contributed by atoms with Gasteiger partial charge in [0.2, 0.25) is 0 Å². The van der Waals surface area contributed by atoms with E-state index in [9.17, 15) is 5.26 Å². The molecule has 0 spiro atoms. The Kier molecular flexibility index (Phi) is 8.48. The topological polar surface area (TPSA) is 55.1 Å². The average molecular weight is 549 g/mol. The molecule has 0 saturated carbocycles. The van der Waals surface area contributed by atoms with Crippen molar-refractivity contribution in [2.24, 2.45) is 0 Å². The number of ether oxygens (including phenoxy) is 2. The number of rotatable bonds is 9. The van der Waals surface area contributed by atoms with Crippen molar-refractivity contribution in [2.75, 3.05) is 7.11 Å². The van der Waals surface area contributed by atoms with E-state index in [1.807, 2.05) is 109 Å². The monoisotopic (exact) mass is 548 g/mol. The van der Waals surface area contributed by atoms with E-state index in [2.05, 4.69) is 6.07 Å². The van der Waals surface area contributed by atoms with Crippen molar-refractivity contribution in [1.29, 1.82) is 5.26 Å². The Labute approximate surface area is 237 Å². The number of nitriles is 1. The molecule has 0 saturated heterocycles. The van der Waals surface area contributed by atoms with Crippen molar-refractivity contribution in [3.8, 4) is 40.0 Å². The fourth-order valence-corrected chi connectivity index (χ4v) is 5.46. The van der Waals surface area contributed by atoms with Gasteiger partial charge in [0.05, 0.1) is 18.4 Å². The largest absolute Gasteiger partial charge is 0.493 e. The molecular formula is C33H25ClN2O2S. The molecule has 0 N–H and O–H groups in total. The van der Waals surface area contributed by atoms with Crippen LogP contribution < -0.4 is 9.47 Å². The van der Waals surface area contributed by atoms with Crippen LogP contribution in [0.4, 0.5) is 0 Å². The second kappa shape index (κ2) is 12.5. The molecular weight excluding hydrogens is 524 g/mol. The van der Waals surface area contributed by atoms with E-state index in [0.717, 1.165) is 33.5 Å². The molecule has 0 aliphatic carbocycles. The van der Waals surface area contributed by atoms with E-state index in [4.69, 9.17) is 26.1 Å². The van der Waals surface area contributed by atoms with E-state index >= 15 is 0 Å². The van der Waals surface area contributed by atoms with Crippen LogP contribution in [0.25, 0.3) is 22.4 Å². The van der Waals surface area contributed by atoms with Gasteiger partial charge >= 0.3 is 0 Å². The van der Waals surface area contributed by atoms with E-state index < -0.39 is 0 Å². The van der Waals surface area contributed by atoms with Crippen molar-refractivity contribution in [1.82, 2.24) is 4.98 Å². The summed E-state index contributed by atoms with van der Waals surface area (Å²) in [4.78, 5) is 4.91. The second-order valence-corrected chi connectivity index (χ2v) is 10.1. The molecule has 0 fully saturated rings. The molecule has 4 aromatic carbocycles. The van der Waals surface area contributed by atoms with Crippen LogP contribution in [0, 0.1) is 11.3 Å². The van der Waals surface area contributed by atoms with Gasteiger partial charge in [-0.2, -0.15) is 5.26 Å². The van der Waals surface area contributed by atoms with Gasteiger partial charge in [-0.25, -0.2) is 4.98 Å². The summed E-state index contributed by atoms with van der Waals surface area (Å²) >= 11 is 7.91. The molecule has 0 amide bonds. The molecule has 0 aliphatic rings. The maximum Gasteiger partial charge on any atom is 0.161 e. The maximum atomic E-state index is 10.3. The van der Waals surface area contributed by atoms with E-state index in [1.54, 1.807) is 7.11 Å². The van der Waals surface area contributed by atoms with Crippen LogP contribution >= 0.6 is 23.4 Å². The molecule has 0 atom stereocenters. The Bertz CT molecular complexity index is 1620. The van der Waals surface area contributed by atoms with Gasteiger partial charge in [-0.15, -0.1) is 11.8 Å². The molecule has 1 aromatic heterocycles. The number of aromatic nitrogens is 1. The molecule has 4 nitrogen and oxygen atoms in total. The lowest BCUT2D eigenvalue weighted by molar-refractivity contribution is 0.284. The third-order valence-electron chi connectivity index (χ3n) is 6.20. The SMILES string of the molecule is COc1cc(-c2cc(-c3ccccc3)nc(SCc3ccccc3Cl)c2C#N)ccc1OCc1ccccc1. The zero-order valence-electron chi connectivity index (χ0n) is 21.3. The maximum absolute atomic E-state index is 10.3. The highest BCUT2D eigenvalue weighted by Crippen LogP contribution is 2.39. The van der Waals surface area contributed by atoms with Gasteiger partial charge in [0, 0.05) is 21.9 Å². The number of benzene rings is 4. The van der Waals surface area contributed by atoms with Crippen LogP contribution in [0.2, 0.25) is 5.02 Å². The summed E-state index contributed by atoms with van der Waals surface area (Å²) in [6.07, 6.45) is 0. The van der Waals surface area contributed by atoms with Crippen molar-refractivity contribution in [3.05, 3.63) is 131 Å². The van der Waals surface area contributed by atoms with E-state index in [-0.39, 0.29) is 0 Å². The first kappa shape index (κ1) is 26.4. The zero-order chi connectivity index (χ0) is 27.0. The first-order valence-corrected chi connectivity index (χ1v) is 13.7. The zero-order valence-corrected chi connectivity index (χ0v) is 22.9. The van der Waals surface area contributed by atoms with Crippen LogP contribution in [-0.2, 0) is 12.4 Å². The number of pyridine rings is 1. The highest BCUT2D eigenvalue weighted by molar-refractivity contribution is 7.98. The molecule has 5 aromatic rings. The molecule has 0 aliphatic heterocycles. The first-order valence-electron chi connectivity index (χ1n) is 12.4. The standard InChI is InChI=1S/C33H25ClN2O2S/c1-37-32-18-25(16-17-31(32)38-21-23-10-4-2-5-11-23)27-19-30(24-12-6-3-7-13-24)36-33(28(27)20-35)39-22-26-14-8-9-15-29(26)34/h2-19H,21-22H2,1H3. The predicted molar refractivity (Wildman–Crippen MR) is 158 cm³/mol. The van der Waals surface area contributed by atoms with Crippen LogP contribution in [0.5, 0.6) is 11.5 Å². The number of hydrogen-bond acceptors (Lipinski definition) is 5. The minimum atomic E-state index is 0.427. The Morgan fingerprint density at radius 2 is 1.54 bits per heavy atom. The summed E-state index contributed by atoms with van der Waals surface area (Å²) in [5, 5.41) is 11.6. The van der Waals surface area contributed by atoms with Gasteiger partial charge in [0.25, 0.3) is 0 Å². The fraction of sp³-hybridized carbons (Fsp3) is 0.0909. The molecule has 5 rings (SSSR count). The van der Waals surface area contributed by atoms with Crippen LogP contribution in [0.3, 0.4) is 0 Å². The average Bonchev–Trinajstić information content (AvgIpc) is 3.00. The van der Waals surface area contributed by atoms with Crippen molar-refractivity contribution in [3.63, 3.8) is 0 Å². The third kappa shape index (κ3) is 6.26. The van der Waals surface area contributed by atoms with E-state index in [0.29, 0.717) is 39.5 Å². The van der Waals surface area contributed by atoms with Gasteiger partial charge < -0.3 is 9.47 Å². The minimum Gasteiger partial charge on any atom is -0.493 e. The molecule has 6 heteroatoms. The lowest BCUT2D eigenvalue weighted by Gasteiger charge is -2.15. The number of halogens is 1. The molecule has 39 heavy (non-hydrogen) atoms. The van der Waals surface area contributed by atoms with Crippen molar-refractivity contribution < 1.29 is 9.47 Å². The number of methoxy groups -OCH3 is 1. The molecule has 0 bridgehead atoms. The fourth-order valence-electron chi connectivity index (χ4n) is 4.17.